The summed E-state index contributed by atoms with van der Waals surface area (Å²) in [6, 6.07) is 2.88. The largest absolute Gasteiger partial charge is 0.469 e. The summed E-state index contributed by atoms with van der Waals surface area (Å²) >= 11 is 5.85. The number of aryl methyl sites for hydroxylation is 1. The second-order valence-corrected chi connectivity index (χ2v) is 4.81. The molecule has 0 aliphatic heterocycles. The fraction of sp³-hybridized carbons (Fsp3) is 0.231. The molecule has 0 fully saturated rings. The van der Waals surface area contributed by atoms with Gasteiger partial charge in [-0.2, -0.15) is 0 Å². The van der Waals surface area contributed by atoms with Crippen LogP contribution in [-0.4, -0.2) is 27.8 Å². The Morgan fingerprint density at radius 1 is 1.57 bits per heavy atom. The highest BCUT2D eigenvalue weighted by Crippen LogP contribution is 2.21. The van der Waals surface area contributed by atoms with Crippen molar-refractivity contribution < 1.29 is 14.1 Å². The van der Waals surface area contributed by atoms with Gasteiger partial charge in [0.2, 0.25) is 0 Å². The van der Waals surface area contributed by atoms with Crippen LogP contribution in [0.2, 0.25) is 5.15 Å². The highest BCUT2D eigenvalue weighted by molar-refractivity contribution is 6.32. The van der Waals surface area contributed by atoms with Crippen LogP contribution < -0.4 is 0 Å². The van der Waals surface area contributed by atoms with E-state index in [4.69, 9.17) is 16.0 Å². The van der Waals surface area contributed by atoms with E-state index in [2.05, 4.69) is 4.98 Å². The first-order valence-corrected chi connectivity index (χ1v) is 6.36. The third-order valence-corrected chi connectivity index (χ3v) is 3.29. The van der Waals surface area contributed by atoms with E-state index in [1.807, 2.05) is 0 Å². The number of carbonyl (C=O) groups excluding carboxylic acids is 1. The molecule has 2 heterocycles. The number of rotatable bonds is 4. The van der Waals surface area contributed by atoms with Crippen molar-refractivity contribution in [2.45, 2.75) is 13.5 Å². The minimum absolute atomic E-state index is 0.00508. The van der Waals surface area contributed by atoms with E-state index in [-0.39, 0.29) is 16.4 Å². The maximum absolute atomic E-state index is 12.3. The van der Waals surface area contributed by atoms with Crippen LogP contribution in [0.5, 0.6) is 0 Å². The summed E-state index contributed by atoms with van der Waals surface area (Å²) in [5, 5.41) is 10.7. The van der Waals surface area contributed by atoms with Crippen molar-refractivity contribution in [1.82, 2.24) is 9.88 Å². The van der Waals surface area contributed by atoms with Gasteiger partial charge >= 0.3 is 0 Å². The van der Waals surface area contributed by atoms with Crippen LogP contribution in [0.4, 0.5) is 5.69 Å². The van der Waals surface area contributed by atoms with Gasteiger partial charge in [-0.3, -0.25) is 14.9 Å². The van der Waals surface area contributed by atoms with Crippen molar-refractivity contribution in [3.8, 4) is 0 Å². The first kappa shape index (κ1) is 15.0. The Balaban J connectivity index is 2.25. The molecule has 0 saturated carbocycles. The molecule has 0 aliphatic rings. The van der Waals surface area contributed by atoms with Gasteiger partial charge < -0.3 is 9.32 Å². The van der Waals surface area contributed by atoms with Gasteiger partial charge in [0.15, 0.2) is 0 Å². The second-order valence-electron chi connectivity index (χ2n) is 4.45. The summed E-state index contributed by atoms with van der Waals surface area (Å²) in [5.41, 5.74) is 0.561. The lowest BCUT2D eigenvalue weighted by Gasteiger charge is -2.17. The van der Waals surface area contributed by atoms with E-state index in [1.165, 1.54) is 11.2 Å². The number of nitro groups is 1. The van der Waals surface area contributed by atoms with Gasteiger partial charge in [-0.1, -0.05) is 11.6 Å². The summed E-state index contributed by atoms with van der Waals surface area (Å²) in [7, 11) is 1.57. The molecular formula is C13H12ClN3O4. The van der Waals surface area contributed by atoms with Crippen LogP contribution >= 0.6 is 11.6 Å². The van der Waals surface area contributed by atoms with E-state index in [9.17, 15) is 14.9 Å². The van der Waals surface area contributed by atoms with Crippen LogP contribution in [0.3, 0.4) is 0 Å². The normalized spacial score (nSPS) is 10.4. The third-order valence-electron chi connectivity index (χ3n) is 2.99. The molecule has 0 saturated heterocycles. The average Bonchev–Trinajstić information content (AvgIpc) is 2.83. The predicted octanol–water partition coefficient (Wildman–Crippen LogP) is 2.82. The van der Waals surface area contributed by atoms with E-state index in [0.717, 1.165) is 17.8 Å². The quantitative estimate of drug-likeness (QED) is 0.492. The number of halogens is 1. The number of carbonyl (C=O) groups is 1. The van der Waals surface area contributed by atoms with E-state index in [1.54, 1.807) is 20.0 Å². The Hall–Kier alpha value is -2.41. The lowest BCUT2D eigenvalue weighted by atomic mass is 10.2. The molecule has 0 spiro atoms. The number of amides is 1. The van der Waals surface area contributed by atoms with Gasteiger partial charge in [0.1, 0.15) is 17.1 Å². The first-order valence-electron chi connectivity index (χ1n) is 5.98. The molecule has 110 valence electrons. The molecule has 2 rings (SSSR count). The first-order chi connectivity index (χ1) is 9.90. The van der Waals surface area contributed by atoms with Crippen molar-refractivity contribution in [1.29, 1.82) is 0 Å². The van der Waals surface area contributed by atoms with Crippen molar-refractivity contribution in [2.24, 2.45) is 0 Å². The number of nitrogens with zero attached hydrogens (tertiary/aromatic N) is 3. The summed E-state index contributed by atoms with van der Waals surface area (Å²) in [5.74, 6) is 0.259. The summed E-state index contributed by atoms with van der Waals surface area (Å²) in [6.45, 7) is 2.09. The Morgan fingerprint density at radius 3 is 2.86 bits per heavy atom. The zero-order valence-electron chi connectivity index (χ0n) is 11.4. The second kappa shape index (κ2) is 5.92. The van der Waals surface area contributed by atoms with Crippen LogP contribution in [-0.2, 0) is 6.54 Å². The molecule has 0 aromatic carbocycles. The standard InChI is InChI=1S/C13H12ClN3O4/c1-8-9(3-4-21-8)7-16(2)13(18)11-5-10(17(19)20)6-15-12(11)14/h3-6H,7H2,1-2H3. The Morgan fingerprint density at radius 2 is 2.29 bits per heavy atom. The van der Waals surface area contributed by atoms with Crippen LogP contribution in [0, 0.1) is 17.0 Å². The molecule has 0 radical (unpaired) electrons. The molecule has 0 N–H and O–H groups in total. The lowest BCUT2D eigenvalue weighted by Crippen LogP contribution is -2.26. The topological polar surface area (TPSA) is 89.5 Å². The number of furan rings is 1. The fourth-order valence-corrected chi connectivity index (χ4v) is 1.98. The molecule has 2 aromatic heterocycles. The molecular weight excluding hydrogens is 298 g/mol. The Kier molecular flexibility index (Phi) is 4.23. The fourth-order valence-electron chi connectivity index (χ4n) is 1.80. The Bertz CT molecular complexity index is 698. The minimum atomic E-state index is -0.625. The van der Waals surface area contributed by atoms with E-state index in [0.29, 0.717) is 12.3 Å². The maximum Gasteiger partial charge on any atom is 0.288 e. The lowest BCUT2D eigenvalue weighted by molar-refractivity contribution is -0.385. The molecule has 0 bridgehead atoms. The number of aromatic nitrogens is 1. The van der Waals surface area contributed by atoms with Gasteiger partial charge in [0.05, 0.1) is 16.7 Å². The number of hydrogen-bond donors (Lipinski definition) is 0. The minimum Gasteiger partial charge on any atom is -0.469 e. The molecule has 21 heavy (non-hydrogen) atoms. The smallest absolute Gasteiger partial charge is 0.288 e. The van der Waals surface area contributed by atoms with Crippen LogP contribution in [0.1, 0.15) is 21.7 Å². The predicted molar refractivity (Wildman–Crippen MR) is 75.1 cm³/mol. The van der Waals surface area contributed by atoms with Crippen molar-refractivity contribution >= 4 is 23.2 Å². The number of pyridine rings is 1. The summed E-state index contributed by atoms with van der Waals surface area (Å²) < 4.78 is 5.16. The van der Waals surface area contributed by atoms with Crippen LogP contribution in [0.15, 0.2) is 29.0 Å². The number of hydrogen-bond acceptors (Lipinski definition) is 5. The molecule has 8 heteroatoms. The van der Waals surface area contributed by atoms with Gasteiger partial charge in [-0.25, -0.2) is 4.98 Å². The molecule has 7 nitrogen and oxygen atoms in total. The SMILES string of the molecule is Cc1occc1CN(C)C(=O)c1cc([N+](=O)[O-])cnc1Cl. The highest BCUT2D eigenvalue weighted by atomic mass is 35.5. The van der Waals surface area contributed by atoms with Gasteiger partial charge in [-0.05, 0) is 13.0 Å². The molecule has 1 amide bonds. The molecule has 0 unspecified atom stereocenters. The summed E-state index contributed by atoms with van der Waals surface area (Å²) in [6.07, 6.45) is 2.55. The third kappa shape index (κ3) is 3.19. The average molecular weight is 310 g/mol. The van der Waals surface area contributed by atoms with Crippen molar-refractivity contribution in [3.05, 3.63) is 56.7 Å². The molecule has 0 aliphatic carbocycles. The van der Waals surface area contributed by atoms with Crippen molar-refractivity contribution in [2.75, 3.05) is 7.05 Å². The maximum atomic E-state index is 12.3. The van der Waals surface area contributed by atoms with E-state index >= 15 is 0 Å². The highest BCUT2D eigenvalue weighted by Gasteiger charge is 2.21. The van der Waals surface area contributed by atoms with Gasteiger partial charge in [0.25, 0.3) is 11.6 Å². The van der Waals surface area contributed by atoms with Gasteiger partial charge in [-0.15, -0.1) is 0 Å². The Labute approximate surface area is 125 Å². The molecule has 2 aromatic rings. The van der Waals surface area contributed by atoms with Crippen LogP contribution in [0.25, 0.3) is 0 Å². The monoisotopic (exact) mass is 309 g/mol. The molecule has 0 atom stereocenters. The zero-order valence-corrected chi connectivity index (χ0v) is 12.1. The van der Waals surface area contributed by atoms with Gasteiger partial charge in [0, 0.05) is 25.2 Å². The van der Waals surface area contributed by atoms with Crippen molar-refractivity contribution in [3.63, 3.8) is 0 Å². The summed E-state index contributed by atoms with van der Waals surface area (Å²) in [4.78, 5) is 27.5. The zero-order chi connectivity index (χ0) is 15.6. The van der Waals surface area contributed by atoms with E-state index < -0.39 is 10.8 Å².